The summed E-state index contributed by atoms with van der Waals surface area (Å²) >= 11 is 0. The fourth-order valence-electron chi connectivity index (χ4n) is 2.86. The molecule has 1 aliphatic heterocycles. The van der Waals surface area contributed by atoms with Crippen LogP contribution in [0.3, 0.4) is 0 Å². The second kappa shape index (κ2) is 3.24. The number of aryl methyl sites for hydroxylation is 2. The summed E-state index contributed by atoms with van der Waals surface area (Å²) in [4.78, 5) is 0. The fraction of sp³-hybridized carbons (Fsp3) is 0.333. The first-order valence-electron chi connectivity index (χ1n) is 5.95. The van der Waals surface area contributed by atoms with Gasteiger partial charge < -0.3 is 4.57 Å². The number of nitrogens with zero attached hydrogens (tertiary/aromatic N) is 1. The molecule has 1 nitrogen and oxygen atoms in total. The van der Waals surface area contributed by atoms with Crippen molar-refractivity contribution < 1.29 is 0 Å². The Morgan fingerprint density at radius 1 is 1.12 bits per heavy atom. The molecule has 2 aromatic rings. The molecule has 1 aromatic heterocycles. The molecule has 3 rings (SSSR count). The van der Waals surface area contributed by atoms with Gasteiger partial charge in [-0.2, -0.15) is 0 Å². The van der Waals surface area contributed by atoms with Gasteiger partial charge >= 0.3 is 0 Å². The van der Waals surface area contributed by atoms with Crippen molar-refractivity contribution in [3.05, 3.63) is 52.8 Å². The van der Waals surface area contributed by atoms with E-state index in [-0.39, 0.29) is 0 Å². The normalized spacial score (nSPS) is 18.1. The van der Waals surface area contributed by atoms with E-state index >= 15 is 0 Å². The highest BCUT2D eigenvalue weighted by atomic mass is 15.0. The molecule has 1 heteroatoms. The van der Waals surface area contributed by atoms with Gasteiger partial charge in [0.1, 0.15) is 0 Å². The van der Waals surface area contributed by atoms with Crippen molar-refractivity contribution in [2.75, 3.05) is 0 Å². The molecule has 1 aromatic carbocycles. The van der Waals surface area contributed by atoms with E-state index in [1.807, 2.05) is 0 Å². The van der Waals surface area contributed by atoms with Crippen LogP contribution in [0.4, 0.5) is 0 Å². The first kappa shape index (κ1) is 9.71. The maximum atomic E-state index is 2.37. The van der Waals surface area contributed by atoms with Crippen LogP contribution in [-0.4, -0.2) is 4.57 Å². The Morgan fingerprint density at radius 3 is 2.69 bits per heavy atom. The minimum absolute atomic E-state index is 0.628. The van der Waals surface area contributed by atoms with Gasteiger partial charge in [-0.25, -0.2) is 0 Å². The Balaban J connectivity index is 2.36. The molecule has 0 N–H and O–H groups in total. The fourth-order valence-corrected chi connectivity index (χ4v) is 2.86. The van der Waals surface area contributed by atoms with Gasteiger partial charge in [0.05, 0.1) is 5.69 Å². The summed E-state index contributed by atoms with van der Waals surface area (Å²) in [6, 6.07) is 8.88. The largest absolute Gasteiger partial charge is 0.320 e. The van der Waals surface area contributed by atoms with Crippen LogP contribution in [0.2, 0.25) is 0 Å². The average Bonchev–Trinajstić information content (AvgIpc) is 2.73. The second-order valence-electron chi connectivity index (χ2n) is 4.93. The zero-order chi connectivity index (χ0) is 11.3. The third-order valence-electron chi connectivity index (χ3n) is 3.76. The van der Waals surface area contributed by atoms with Crippen LogP contribution in [0.25, 0.3) is 5.69 Å². The van der Waals surface area contributed by atoms with Crippen LogP contribution in [0, 0.1) is 13.8 Å². The SMILES string of the molecule is Cc1ccc(C)c2c1CC(C)c1cccn1-2. The van der Waals surface area contributed by atoms with E-state index in [2.05, 4.69) is 55.8 Å². The van der Waals surface area contributed by atoms with E-state index < -0.39 is 0 Å². The minimum Gasteiger partial charge on any atom is -0.320 e. The van der Waals surface area contributed by atoms with Crippen molar-refractivity contribution in [2.24, 2.45) is 0 Å². The highest BCUT2D eigenvalue weighted by Crippen LogP contribution is 2.35. The predicted molar refractivity (Wildman–Crippen MR) is 67.4 cm³/mol. The lowest BCUT2D eigenvalue weighted by Crippen LogP contribution is -2.16. The summed E-state index contributed by atoms with van der Waals surface area (Å²) < 4.78 is 2.37. The van der Waals surface area contributed by atoms with Gasteiger partial charge in [-0.15, -0.1) is 0 Å². The van der Waals surface area contributed by atoms with Crippen molar-refractivity contribution in [3.8, 4) is 5.69 Å². The highest BCUT2D eigenvalue weighted by molar-refractivity contribution is 5.55. The van der Waals surface area contributed by atoms with Crippen molar-refractivity contribution in [2.45, 2.75) is 33.1 Å². The Morgan fingerprint density at radius 2 is 1.88 bits per heavy atom. The van der Waals surface area contributed by atoms with Crippen LogP contribution in [-0.2, 0) is 6.42 Å². The molecule has 2 heterocycles. The van der Waals surface area contributed by atoms with E-state index in [4.69, 9.17) is 0 Å². The summed E-state index contributed by atoms with van der Waals surface area (Å²) in [6.45, 7) is 6.74. The highest BCUT2D eigenvalue weighted by Gasteiger charge is 2.23. The summed E-state index contributed by atoms with van der Waals surface area (Å²) in [5, 5.41) is 0. The lowest BCUT2D eigenvalue weighted by atomic mass is 9.88. The topological polar surface area (TPSA) is 4.93 Å². The van der Waals surface area contributed by atoms with Crippen molar-refractivity contribution in [1.29, 1.82) is 0 Å². The Bertz CT molecular complexity index is 549. The summed E-state index contributed by atoms with van der Waals surface area (Å²) in [5.41, 5.74) is 7.19. The van der Waals surface area contributed by atoms with Gasteiger partial charge in [-0.1, -0.05) is 19.1 Å². The molecule has 0 fully saturated rings. The molecule has 0 saturated heterocycles. The summed E-state index contributed by atoms with van der Waals surface area (Å²) in [5.74, 6) is 0.628. The van der Waals surface area contributed by atoms with Crippen molar-refractivity contribution in [1.82, 2.24) is 4.57 Å². The number of aromatic nitrogens is 1. The van der Waals surface area contributed by atoms with Gasteiger partial charge in [-0.05, 0) is 49.1 Å². The maximum absolute atomic E-state index is 2.37. The van der Waals surface area contributed by atoms with Gasteiger partial charge in [0.25, 0.3) is 0 Å². The number of hydrogen-bond donors (Lipinski definition) is 0. The van der Waals surface area contributed by atoms with E-state index in [0.717, 1.165) is 0 Å². The first-order chi connectivity index (χ1) is 7.68. The average molecular weight is 211 g/mol. The van der Waals surface area contributed by atoms with E-state index in [9.17, 15) is 0 Å². The summed E-state index contributed by atoms with van der Waals surface area (Å²) in [7, 11) is 0. The lowest BCUT2D eigenvalue weighted by molar-refractivity contribution is 0.669. The molecule has 0 spiro atoms. The quantitative estimate of drug-likeness (QED) is 0.625. The Labute approximate surface area is 96.7 Å². The molecule has 0 radical (unpaired) electrons. The monoisotopic (exact) mass is 211 g/mol. The second-order valence-corrected chi connectivity index (χ2v) is 4.93. The van der Waals surface area contributed by atoms with E-state index in [0.29, 0.717) is 5.92 Å². The van der Waals surface area contributed by atoms with Crippen LogP contribution in [0.15, 0.2) is 30.5 Å². The third kappa shape index (κ3) is 1.18. The molecule has 0 aliphatic carbocycles. The number of hydrogen-bond acceptors (Lipinski definition) is 0. The zero-order valence-electron chi connectivity index (χ0n) is 10.1. The Hall–Kier alpha value is -1.50. The molecular weight excluding hydrogens is 194 g/mol. The molecule has 1 aliphatic rings. The van der Waals surface area contributed by atoms with E-state index in [1.54, 1.807) is 0 Å². The summed E-state index contributed by atoms with van der Waals surface area (Å²) in [6.07, 6.45) is 3.36. The molecule has 0 amide bonds. The Kier molecular flexibility index (Phi) is 1.97. The predicted octanol–water partition coefficient (Wildman–Crippen LogP) is 3.75. The van der Waals surface area contributed by atoms with Crippen LogP contribution in [0.5, 0.6) is 0 Å². The molecule has 0 saturated carbocycles. The lowest BCUT2D eigenvalue weighted by Gasteiger charge is -2.27. The smallest absolute Gasteiger partial charge is 0.0516 e. The van der Waals surface area contributed by atoms with Crippen LogP contribution < -0.4 is 0 Å². The van der Waals surface area contributed by atoms with Gasteiger partial charge in [0.15, 0.2) is 0 Å². The molecular formula is C15H17N. The van der Waals surface area contributed by atoms with Crippen molar-refractivity contribution >= 4 is 0 Å². The van der Waals surface area contributed by atoms with Gasteiger partial charge in [-0.3, -0.25) is 0 Å². The maximum Gasteiger partial charge on any atom is 0.0516 e. The molecule has 16 heavy (non-hydrogen) atoms. The van der Waals surface area contributed by atoms with E-state index in [1.165, 1.54) is 34.5 Å². The van der Waals surface area contributed by atoms with Crippen molar-refractivity contribution in [3.63, 3.8) is 0 Å². The van der Waals surface area contributed by atoms with Gasteiger partial charge in [0, 0.05) is 17.8 Å². The number of benzene rings is 1. The molecule has 1 atom stereocenters. The zero-order valence-corrected chi connectivity index (χ0v) is 10.1. The standard InChI is InChI=1S/C15H17N/c1-10-6-7-11(2)15-13(10)9-12(3)14-5-4-8-16(14)15/h4-8,12H,9H2,1-3H3. The third-order valence-corrected chi connectivity index (χ3v) is 3.76. The van der Waals surface area contributed by atoms with Crippen LogP contribution >= 0.6 is 0 Å². The first-order valence-corrected chi connectivity index (χ1v) is 5.95. The minimum atomic E-state index is 0.628. The molecule has 1 unspecified atom stereocenters. The van der Waals surface area contributed by atoms with Crippen LogP contribution in [0.1, 0.15) is 35.2 Å². The van der Waals surface area contributed by atoms with Gasteiger partial charge in [0.2, 0.25) is 0 Å². The molecule has 82 valence electrons. The molecule has 0 bridgehead atoms. The number of rotatable bonds is 0. The number of fused-ring (bicyclic) bond motifs is 3.